The largest absolute Gasteiger partial charge is 0.450 e. The number of piperazine rings is 1. The van der Waals surface area contributed by atoms with E-state index in [9.17, 15) is 4.79 Å². The van der Waals surface area contributed by atoms with Gasteiger partial charge in [0.2, 0.25) is 0 Å². The zero-order chi connectivity index (χ0) is 20.9. The molecule has 0 N–H and O–H groups in total. The smallest absolute Gasteiger partial charge is 0.409 e. The molecule has 2 heterocycles. The van der Waals surface area contributed by atoms with Crippen molar-refractivity contribution in [2.24, 2.45) is 0 Å². The molecule has 2 aliphatic heterocycles. The Hall–Kier alpha value is -1.73. The Kier molecular flexibility index (Phi) is 7.20. The molecule has 7 heteroatoms. The van der Waals surface area contributed by atoms with Crippen molar-refractivity contribution < 1.29 is 14.3 Å². The summed E-state index contributed by atoms with van der Waals surface area (Å²) in [6.45, 7) is 6.82. The van der Waals surface area contributed by atoms with Crippen LogP contribution >= 0.6 is 23.4 Å². The molecule has 1 unspecified atom stereocenters. The minimum atomic E-state index is -0.212. The van der Waals surface area contributed by atoms with E-state index < -0.39 is 0 Å². The summed E-state index contributed by atoms with van der Waals surface area (Å²) in [5, 5.41) is 0.740. The molecule has 2 aromatic rings. The standard InChI is InChI=1S/C23H27ClN2O3S/c1-2-28-23(27)26-11-9-25(10-12-26)13-14-29-20-15-17-5-3-4-6-21(17)30-22-8-7-18(24)16-19(20)22/h3-8,16,20H,2,9-15H2,1H3. The van der Waals surface area contributed by atoms with Gasteiger partial charge in [-0.25, -0.2) is 4.79 Å². The van der Waals surface area contributed by atoms with Crippen LogP contribution in [-0.2, 0) is 15.9 Å². The number of halogens is 1. The number of rotatable bonds is 5. The van der Waals surface area contributed by atoms with Gasteiger partial charge in [-0.1, -0.05) is 41.6 Å². The monoisotopic (exact) mass is 446 g/mol. The molecule has 1 fully saturated rings. The quantitative estimate of drug-likeness (QED) is 0.654. The number of benzene rings is 2. The molecule has 4 rings (SSSR count). The first-order chi connectivity index (χ1) is 14.6. The molecular formula is C23H27ClN2O3S. The first kappa shape index (κ1) is 21.5. The molecule has 0 aromatic heterocycles. The Balaban J connectivity index is 1.36. The summed E-state index contributed by atoms with van der Waals surface area (Å²) < 4.78 is 11.5. The van der Waals surface area contributed by atoms with Crippen molar-refractivity contribution in [3.63, 3.8) is 0 Å². The van der Waals surface area contributed by atoms with Crippen LogP contribution in [0, 0.1) is 0 Å². The van der Waals surface area contributed by atoms with Crippen molar-refractivity contribution in [2.45, 2.75) is 29.2 Å². The summed E-state index contributed by atoms with van der Waals surface area (Å²) in [6.07, 6.45) is 0.611. The average molecular weight is 447 g/mol. The van der Waals surface area contributed by atoms with Gasteiger partial charge in [-0.05, 0) is 42.3 Å². The Morgan fingerprint density at radius 2 is 1.93 bits per heavy atom. The number of carbonyl (C=O) groups is 1. The van der Waals surface area contributed by atoms with E-state index in [-0.39, 0.29) is 12.2 Å². The van der Waals surface area contributed by atoms with E-state index in [1.807, 2.05) is 19.1 Å². The minimum Gasteiger partial charge on any atom is -0.450 e. The van der Waals surface area contributed by atoms with Crippen LogP contribution in [0.2, 0.25) is 5.02 Å². The van der Waals surface area contributed by atoms with E-state index in [0.717, 1.165) is 36.6 Å². The highest BCUT2D eigenvalue weighted by atomic mass is 35.5. The summed E-state index contributed by atoms with van der Waals surface area (Å²) >= 11 is 8.09. The van der Waals surface area contributed by atoms with Crippen LogP contribution in [-0.4, -0.2) is 61.8 Å². The number of fused-ring (bicyclic) bond motifs is 2. The molecular weight excluding hydrogens is 420 g/mol. The first-order valence-corrected chi connectivity index (χ1v) is 11.6. The zero-order valence-electron chi connectivity index (χ0n) is 17.2. The van der Waals surface area contributed by atoms with E-state index in [0.29, 0.717) is 26.3 Å². The second-order valence-electron chi connectivity index (χ2n) is 7.48. The number of hydrogen-bond acceptors (Lipinski definition) is 5. The fraction of sp³-hybridized carbons (Fsp3) is 0.435. The van der Waals surface area contributed by atoms with Crippen LogP contribution in [0.3, 0.4) is 0 Å². The van der Waals surface area contributed by atoms with Gasteiger partial charge in [0.05, 0.1) is 19.3 Å². The number of ether oxygens (including phenoxy) is 2. The van der Waals surface area contributed by atoms with Crippen molar-refractivity contribution >= 4 is 29.5 Å². The van der Waals surface area contributed by atoms with Gasteiger partial charge in [0.1, 0.15) is 0 Å². The molecule has 2 aromatic carbocycles. The van der Waals surface area contributed by atoms with Crippen LogP contribution < -0.4 is 0 Å². The highest BCUT2D eigenvalue weighted by Gasteiger charge is 2.25. The number of amides is 1. The highest BCUT2D eigenvalue weighted by Crippen LogP contribution is 2.42. The van der Waals surface area contributed by atoms with Gasteiger partial charge < -0.3 is 14.4 Å². The Morgan fingerprint density at radius 3 is 2.73 bits per heavy atom. The van der Waals surface area contributed by atoms with Gasteiger partial charge >= 0.3 is 6.09 Å². The molecule has 0 saturated carbocycles. The fourth-order valence-corrected chi connectivity index (χ4v) is 5.20. The van der Waals surface area contributed by atoms with Gasteiger partial charge in [-0.2, -0.15) is 0 Å². The molecule has 160 valence electrons. The van der Waals surface area contributed by atoms with Gasteiger partial charge in [0, 0.05) is 54.0 Å². The molecule has 1 saturated heterocycles. The first-order valence-electron chi connectivity index (χ1n) is 10.4. The molecule has 0 radical (unpaired) electrons. The van der Waals surface area contributed by atoms with Gasteiger partial charge in [0.15, 0.2) is 0 Å². The summed E-state index contributed by atoms with van der Waals surface area (Å²) in [5.74, 6) is 0. The van der Waals surface area contributed by atoms with E-state index in [4.69, 9.17) is 21.1 Å². The van der Waals surface area contributed by atoms with Gasteiger partial charge in [0.25, 0.3) is 0 Å². The molecule has 1 amide bonds. The predicted molar refractivity (Wildman–Crippen MR) is 119 cm³/mol. The number of hydrogen-bond donors (Lipinski definition) is 0. The predicted octanol–water partition coefficient (Wildman–Crippen LogP) is 4.88. The molecule has 5 nitrogen and oxygen atoms in total. The summed E-state index contributed by atoms with van der Waals surface area (Å²) in [6, 6.07) is 14.6. The van der Waals surface area contributed by atoms with E-state index in [1.165, 1.54) is 15.4 Å². The maximum atomic E-state index is 11.9. The van der Waals surface area contributed by atoms with E-state index in [2.05, 4.69) is 35.2 Å². The molecule has 0 aliphatic carbocycles. The van der Waals surface area contributed by atoms with Gasteiger partial charge in [-0.3, -0.25) is 4.90 Å². The molecule has 2 aliphatic rings. The van der Waals surface area contributed by atoms with Crippen molar-refractivity contribution in [3.05, 3.63) is 58.6 Å². The molecule has 0 bridgehead atoms. The zero-order valence-corrected chi connectivity index (χ0v) is 18.8. The Morgan fingerprint density at radius 1 is 1.13 bits per heavy atom. The van der Waals surface area contributed by atoms with Crippen molar-refractivity contribution in [1.82, 2.24) is 9.80 Å². The molecule has 1 atom stereocenters. The van der Waals surface area contributed by atoms with Crippen LogP contribution in [0.15, 0.2) is 52.3 Å². The van der Waals surface area contributed by atoms with E-state index in [1.54, 1.807) is 16.7 Å². The van der Waals surface area contributed by atoms with E-state index >= 15 is 0 Å². The maximum absolute atomic E-state index is 11.9. The molecule has 30 heavy (non-hydrogen) atoms. The summed E-state index contributed by atoms with van der Waals surface area (Å²) in [7, 11) is 0. The summed E-state index contributed by atoms with van der Waals surface area (Å²) in [5.41, 5.74) is 2.47. The highest BCUT2D eigenvalue weighted by molar-refractivity contribution is 7.99. The second kappa shape index (κ2) is 10.1. The van der Waals surface area contributed by atoms with Crippen molar-refractivity contribution in [2.75, 3.05) is 45.9 Å². The van der Waals surface area contributed by atoms with Crippen molar-refractivity contribution in [1.29, 1.82) is 0 Å². The van der Waals surface area contributed by atoms with Crippen molar-refractivity contribution in [3.8, 4) is 0 Å². The second-order valence-corrected chi connectivity index (χ2v) is 9.00. The third-order valence-corrected chi connectivity index (χ3v) is 6.99. The van der Waals surface area contributed by atoms with Crippen LogP contribution in [0.25, 0.3) is 0 Å². The third kappa shape index (κ3) is 5.11. The number of nitrogens with zero attached hydrogens (tertiary/aromatic N) is 2. The summed E-state index contributed by atoms with van der Waals surface area (Å²) in [4.78, 5) is 18.5. The van der Waals surface area contributed by atoms with Crippen LogP contribution in [0.1, 0.15) is 24.2 Å². The van der Waals surface area contributed by atoms with Crippen LogP contribution in [0.5, 0.6) is 0 Å². The lowest BCUT2D eigenvalue weighted by molar-refractivity contribution is 0.0241. The van der Waals surface area contributed by atoms with Crippen LogP contribution in [0.4, 0.5) is 4.79 Å². The van der Waals surface area contributed by atoms with Gasteiger partial charge in [-0.15, -0.1) is 0 Å². The fourth-order valence-electron chi connectivity index (χ4n) is 3.91. The maximum Gasteiger partial charge on any atom is 0.409 e. The Bertz CT molecular complexity index is 887. The normalized spacial score (nSPS) is 19.0. The average Bonchev–Trinajstić information content (AvgIpc) is 2.91. The lowest BCUT2D eigenvalue weighted by Crippen LogP contribution is -2.49. The lowest BCUT2D eigenvalue weighted by Gasteiger charge is -2.34. The molecule has 0 spiro atoms. The third-order valence-electron chi connectivity index (χ3n) is 5.54. The lowest BCUT2D eigenvalue weighted by atomic mass is 10.0. The SMILES string of the molecule is CCOC(=O)N1CCN(CCOC2Cc3ccccc3Sc3ccc(Cl)cc32)CC1. The minimum absolute atomic E-state index is 0.0179. The number of carbonyl (C=O) groups excluding carboxylic acids is 1. The topological polar surface area (TPSA) is 42.0 Å². The Labute approximate surface area is 187 Å².